The van der Waals surface area contributed by atoms with Gasteiger partial charge in [0.05, 0.1) is 24.5 Å². The fraction of sp³-hybridized carbons (Fsp3) is 0.533. The number of amides is 1. The van der Waals surface area contributed by atoms with E-state index in [0.717, 1.165) is 19.4 Å². The highest BCUT2D eigenvalue weighted by Gasteiger charge is 2.26. The zero-order valence-electron chi connectivity index (χ0n) is 12.1. The van der Waals surface area contributed by atoms with Crippen LogP contribution in [0.1, 0.15) is 30.1 Å². The Labute approximate surface area is 119 Å². The van der Waals surface area contributed by atoms with E-state index in [4.69, 9.17) is 15.2 Å². The van der Waals surface area contributed by atoms with E-state index in [1.165, 1.54) is 0 Å². The molecule has 5 nitrogen and oxygen atoms in total. The molecule has 1 aromatic rings. The van der Waals surface area contributed by atoms with E-state index in [-0.39, 0.29) is 12.0 Å². The van der Waals surface area contributed by atoms with Gasteiger partial charge in [-0.2, -0.15) is 0 Å². The van der Waals surface area contributed by atoms with E-state index in [9.17, 15) is 4.79 Å². The molecule has 1 aromatic carbocycles. The molecule has 1 atom stereocenters. The van der Waals surface area contributed by atoms with Gasteiger partial charge in [-0.15, -0.1) is 0 Å². The number of rotatable bonds is 4. The van der Waals surface area contributed by atoms with Gasteiger partial charge in [0.15, 0.2) is 0 Å². The molecule has 110 valence electrons. The first-order valence-corrected chi connectivity index (χ1v) is 7.00. The third-order valence-electron chi connectivity index (χ3n) is 3.58. The Balaban J connectivity index is 2.14. The van der Waals surface area contributed by atoms with Crippen LogP contribution in [0.5, 0.6) is 5.75 Å². The molecule has 1 aliphatic rings. The van der Waals surface area contributed by atoms with Crippen molar-refractivity contribution in [3.05, 3.63) is 23.8 Å². The van der Waals surface area contributed by atoms with Crippen LogP contribution in [0.4, 0.5) is 5.69 Å². The number of benzene rings is 1. The van der Waals surface area contributed by atoms with E-state index < -0.39 is 0 Å². The van der Waals surface area contributed by atoms with Gasteiger partial charge in [-0.25, -0.2) is 0 Å². The Kier molecular flexibility index (Phi) is 4.84. The number of para-hydroxylation sites is 1. The molecular formula is C15H22N2O3. The minimum absolute atomic E-state index is 0.0502. The molecule has 1 aliphatic heterocycles. The number of anilines is 1. The van der Waals surface area contributed by atoms with E-state index in [1.54, 1.807) is 25.3 Å². The number of hydrogen-bond donors (Lipinski definition) is 1. The zero-order chi connectivity index (χ0) is 14.5. The average Bonchev–Trinajstić information content (AvgIpc) is 2.47. The number of methoxy groups -OCH3 is 1. The fourth-order valence-corrected chi connectivity index (χ4v) is 2.57. The number of piperidine rings is 1. The molecule has 1 fully saturated rings. The fourth-order valence-electron chi connectivity index (χ4n) is 2.57. The highest BCUT2D eigenvalue weighted by atomic mass is 16.5. The summed E-state index contributed by atoms with van der Waals surface area (Å²) in [6.07, 6.45) is 2.09. The molecule has 0 saturated carbocycles. The Morgan fingerprint density at radius 3 is 3.00 bits per heavy atom. The summed E-state index contributed by atoms with van der Waals surface area (Å²) in [4.78, 5) is 14.4. The predicted molar refractivity (Wildman–Crippen MR) is 78.0 cm³/mol. The zero-order valence-corrected chi connectivity index (χ0v) is 12.1. The van der Waals surface area contributed by atoms with Gasteiger partial charge in [-0.3, -0.25) is 4.79 Å². The van der Waals surface area contributed by atoms with Crippen LogP contribution >= 0.6 is 0 Å². The number of carbonyl (C=O) groups is 1. The van der Waals surface area contributed by atoms with Gasteiger partial charge < -0.3 is 20.1 Å². The number of carbonyl (C=O) groups excluding carboxylic acids is 1. The number of nitrogen functional groups attached to an aromatic ring is 1. The predicted octanol–water partition coefficient (Wildman–Crippen LogP) is 1.92. The van der Waals surface area contributed by atoms with Crippen molar-refractivity contribution in [1.29, 1.82) is 0 Å². The molecule has 5 heteroatoms. The summed E-state index contributed by atoms with van der Waals surface area (Å²) in [5.41, 5.74) is 6.89. The molecular weight excluding hydrogens is 256 g/mol. The van der Waals surface area contributed by atoms with Gasteiger partial charge in [0, 0.05) is 19.7 Å². The third kappa shape index (κ3) is 3.04. The highest BCUT2D eigenvalue weighted by Crippen LogP contribution is 2.27. The van der Waals surface area contributed by atoms with E-state index >= 15 is 0 Å². The van der Waals surface area contributed by atoms with Crippen LogP contribution in [0.2, 0.25) is 0 Å². The van der Waals surface area contributed by atoms with E-state index in [2.05, 4.69) is 0 Å². The van der Waals surface area contributed by atoms with Crippen LogP contribution in [0.15, 0.2) is 18.2 Å². The largest absolute Gasteiger partial charge is 0.495 e. The lowest BCUT2D eigenvalue weighted by molar-refractivity contribution is 0.00727. The quantitative estimate of drug-likeness (QED) is 0.855. The Bertz CT molecular complexity index is 474. The summed E-state index contributed by atoms with van der Waals surface area (Å²) in [6.45, 7) is 4.02. The molecule has 1 heterocycles. The second-order valence-corrected chi connectivity index (χ2v) is 4.89. The topological polar surface area (TPSA) is 64.8 Å². The number of nitrogens with zero attached hydrogens (tertiary/aromatic N) is 1. The van der Waals surface area contributed by atoms with Gasteiger partial charge in [-0.1, -0.05) is 6.07 Å². The van der Waals surface area contributed by atoms with Crippen LogP contribution < -0.4 is 10.5 Å². The standard InChI is InChI=1S/C15H22N2O3/c1-3-20-11-6-5-9-17(10-11)15(18)12-7-4-8-13(19-2)14(12)16/h4,7-8,11H,3,5-6,9-10,16H2,1-2H3. The van der Waals surface area contributed by atoms with Crippen molar-refractivity contribution in [2.24, 2.45) is 0 Å². The SMILES string of the molecule is CCOC1CCCN(C(=O)c2cccc(OC)c2N)C1. The summed E-state index contributed by atoms with van der Waals surface area (Å²) in [7, 11) is 1.55. The number of ether oxygens (including phenoxy) is 2. The number of likely N-dealkylation sites (tertiary alicyclic amines) is 1. The lowest BCUT2D eigenvalue weighted by atomic mass is 10.1. The first-order chi connectivity index (χ1) is 9.67. The lowest BCUT2D eigenvalue weighted by Gasteiger charge is -2.32. The molecule has 1 amide bonds. The van der Waals surface area contributed by atoms with Crippen LogP contribution in [0, 0.1) is 0 Å². The van der Waals surface area contributed by atoms with Gasteiger partial charge in [-0.05, 0) is 31.9 Å². The minimum Gasteiger partial charge on any atom is -0.495 e. The maximum Gasteiger partial charge on any atom is 0.256 e. The van der Waals surface area contributed by atoms with Gasteiger partial charge >= 0.3 is 0 Å². The normalized spacial score (nSPS) is 18.9. The van der Waals surface area contributed by atoms with Crippen molar-refractivity contribution in [1.82, 2.24) is 4.90 Å². The Morgan fingerprint density at radius 2 is 2.30 bits per heavy atom. The van der Waals surface area contributed by atoms with Gasteiger partial charge in [0.25, 0.3) is 5.91 Å². The molecule has 2 N–H and O–H groups in total. The van der Waals surface area contributed by atoms with Crippen LogP contribution in [0.3, 0.4) is 0 Å². The maximum absolute atomic E-state index is 12.6. The summed E-state index contributed by atoms with van der Waals surface area (Å²) < 4.78 is 10.8. The molecule has 1 unspecified atom stereocenters. The molecule has 1 saturated heterocycles. The Morgan fingerprint density at radius 1 is 1.50 bits per heavy atom. The van der Waals surface area contributed by atoms with Crippen LogP contribution in [0.25, 0.3) is 0 Å². The highest BCUT2D eigenvalue weighted by molar-refractivity contribution is 6.00. The summed E-state index contributed by atoms with van der Waals surface area (Å²) >= 11 is 0. The van der Waals surface area contributed by atoms with Crippen LogP contribution in [-0.2, 0) is 4.74 Å². The van der Waals surface area contributed by atoms with E-state index in [1.807, 2.05) is 11.8 Å². The second kappa shape index (κ2) is 6.61. The molecule has 0 aromatic heterocycles. The van der Waals surface area contributed by atoms with Crippen molar-refractivity contribution in [3.63, 3.8) is 0 Å². The first kappa shape index (κ1) is 14.7. The number of nitrogens with two attached hydrogens (primary N) is 1. The van der Waals surface area contributed by atoms with Crippen molar-refractivity contribution < 1.29 is 14.3 Å². The van der Waals surface area contributed by atoms with Crippen LogP contribution in [-0.4, -0.2) is 43.7 Å². The minimum atomic E-state index is -0.0502. The summed E-state index contributed by atoms with van der Waals surface area (Å²) in [5, 5.41) is 0. The average molecular weight is 278 g/mol. The smallest absolute Gasteiger partial charge is 0.256 e. The van der Waals surface area contributed by atoms with Gasteiger partial charge in [0.2, 0.25) is 0 Å². The molecule has 0 radical (unpaired) electrons. The molecule has 0 bridgehead atoms. The van der Waals surface area contributed by atoms with Gasteiger partial charge in [0.1, 0.15) is 5.75 Å². The molecule has 2 rings (SSSR count). The van der Waals surface area contributed by atoms with Crippen molar-refractivity contribution in [2.45, 2.75) is 25.9 Å². The van der Waals surface area contributed by atoms with Crippen molar-refractivity contribution in [2.75, 3.05) is 32.5 Å². The van der Waals surface area contributed by atoms with E-state index in [0.29, 0.717) is 30.2 Å². The Hall–Kier alpha value is -1.75. The summed E-state index contributed by atoms with van der Waals surface area (Å²) in [5.74, 6) is 0.486. The molecule has 20 heavy (non-hydrogen) atoms. The first-order valence-electron chi connectivity index (χ1n) is 7.00. The second-order valence-electron chi connectivity index (χ2n) is 4.89. The lowest BCUT2D eigenvalue weighted by Crippen LogP contribution is -2.43. The number of hydrogen-bond acceptors (Lipinski definition) is 4. The third-order valence-corrected chi connectivity index (χ3v) is 3.58. The molecule has 0 aliphatic carbocycles. The maximum atomic E-state index is 12.6. The van der Waals surface area contributed by atoms with Crippen molar-refractivity contribution >= 4 is 11.6 Å². The van der Waals surface area contributed by atoms with Crippen molar-refractivity contribution in [3.8, 4) is 5.75 Å². The monoisotopic (exact) mass is 278 g/mol. The molecule has 0 spiro atoms. The summed E-state index contributed by atoms with van der Waals surface area (Å²) in [6, 6.07) is 5.28.